The number of rotatable bonds is 6. The number of ether oxygens (including phenoxy) is 1. The van der Waals surface area contributed by atoms with Crippen LogP contribution in [0, 0.1) is 13.8 Å². The Balaban J connectivity index is 1.64. The zero-order valence-corrected chi connectivity index (χ0v) is 19.0. The summed E-state index contributed by atoms with van der Waals surface area (Å²) in [6.45, 7) is 11.1. The van der Waals surface area contributed by atoms with Crippen LogP contribution in [0.1, 0.15) is 43.6 Å². The fourth-order valence-electron chi connectivity index (χ4n) is 3.82. The molecular formula is C23H34N6O2. The third-order valence-corrected chi connectivity index (χ3v) is 5.54. The minimum Gasteiger partial charge on any atom is -0.450 e. The van der Waals surface area contributed by atoms with Gasteiger partial charge in [0.2, 0.25) is 0 Å². The molecule has 1 aliphatic rings. The molecule has 0 spiro atoms. The van der Waals surface area contributed by atoms with Gasteiger partial charge in [-0.3, -0.25) is 0 Å². The molecule has 1 aliphatic heterocycles. The number of nitrogens with zero attached hydrogens (tertiary/aromatic N) is 4. The van der Waals surface area contributed by atoms with Crippen molar-refractivity contribution in [3.63, 3.8) is 0 Å². The highest BCUT2D eigenvalue weighted by molar-refractivity contribution is 5.80. The Bertz CT molecular complexity index is 885. The van der Waals surface area contributed by atoms with Gasteiger partial charge in [0.25, 0.3) is 0 Å². The van der Waals surface area contributed by atoms with Crippen LogP contribution in [0.25, 0.3) is 5.69 Å². The molecular weight excluding hydrogens is 392 g/mol. The second-order valence-corrected chi connectivity index (χ2v) is 7.70. The van der Waals surface area contributed by atoms with Crippen molar-refractivity contribution in [3.05, 3.63) is 47.3 Å². The smallest absolute Gasteiger partial charge is 0.409 e. The zero-order chi connectivity index (χ0) is 22.2. The first kappa shape index (κ1) is 22.7. The lowest BCUT2D eigenvalue weighted by Gasteiger charge is -2.32. The molecule has 0 atom stereocenters. The summed E-state index contributed by atoms with van der Waals surface area (Å²) in [4.78, 5) is 18.5. The summed E-state index contributed by atoms with van der Waals surface area (Å²) < 4.78 is 7.08. The van der Waals surface area contributed by atoms with Crippen molar-refractivity contribution in [1.29, 1.82) is 0 Å². The lowest BCUT2D eigenvalue weighted by atomic mass is 10.1. The lowest BCUT2D eigenvalue weighted by molar-refractivity contribution is 0.0963. The number of aryl methyl sites for hydroxylation is 1. The van der Waals surface area contributed by atoms with Gasteiger partial charge in [-0.1, -0.05) is 18.2 Å². The molecule has 8 nitrogen and oxygen atoms in total. The van der Waals surface area contributed by atoms with Gasteiger partial charge in [0, 0.05) is 36.9 Å². The van der Waals surface area contributed by atoms with Crippen LogP contribution < -0.4 is 10.6 Å². The summed E-state index contributed by atoms with van der Waals surface area (Å²) in [5, 5.41) is 11.6. The van der Waals surface area contributed by atoms with Crippen LogP contribution in [0.2, 0.25) is 0 Å². The third kappa shape index (κ3) is 5.77. The second kappa shape index (κ2) is 10.8. The van der Waals surface area contributed by atoms with Gasteiger partial charge in [0.1, 0.15) is 0 Å². The number of carbonyl (C=O) groups is 1. The van der Waals surface area contributed by atoms with E-state index in [1.807, 2.05) is 36.7 Å². The molecule has 168 valence electrons. The number of piperidine rings is 1. The molecule has 1 fully saturated rings. The monoisotopic (exact) mass is 426 g/mol. The molecule has 0 bridgehead atoms. The minimum absolute atomic E-state index is 0.220. The van der Waals surface area contributed by atoms with Crippen LogP contribution >= 0.6 is 0 Å². The number of likely N-dealkylation sites (tertiary alicyclic amines) is 1. The molecule has 0 saturated carbocycles. The largest absolute Gasteiger partial charge is 0.450 e. The van der Waals surface area contributed by atoms with Crippen molar-refractivity contribution >= 4 is 12.1 Å². The first-order valence-electron chi connectivity index (χ1n) is 11.1. The minimum atomic E-state index is -0.220. The second-order valence-electron chi connectivity index (χ2n) is 7.70. The molecule has 0 aliphatic carbocycles. The van der Waals surface area contributed by atoms with Gasteiger partial charge >= 0.3 is 6.09 Å². The van der Waals surface area contributed by atoms with Crippen molar-refractivity contribution in [1.82, 2.24) is 25.3 Å². The van der Waals surface area contributed by atoms with Gasteiger partial charge in [-0.15, -0.1) is 0 Å². The van der Waals surface area contributed by atoms with E-state index in [2.05, 4.69) is 36.6 Å². The summed E-state index contributed by atoms with van der Waals surface area (Å²) in [5.41, 5.74) is 4.28. The Labute approximate surface area is 184 Å². The molecule has 0 unspecified atom stereocenters. The van der Waals surface area contributed by atoms with Gasteiger partial charge in [-0.2, -0.15) is 5.10 Å². The third-order valence-electron chi connectivity index (χ3n) is 5.54. The van der Waals surface area contributed by atoms with E-state index >= 15 is 0 Å². The highest BCUT2D eigenvalue weighted by Crippen LogP contribution is 2.19. The fourth-order valence-corrected chi connectivity index (χ4v) is 3.82. The summed E-state index contributed by atoms with van der Waals surface area (Å²) in [7, 11) is 0. The number of carbonyl (C=O) groups excluding carboxylic acids is 1. The van der Waals surface area contributed by atoms with E-state index in [4.69, 9.17) is 14.8 Å². The fraction of sp³-hybridized carbons (Fsp3) is 0.522. The topological polar surface area (TPSA) is 83.8 Å². The quantitative estimate of drug-likeness (QED) is 0.548. The number of nitrogens with one attached hydrogen (secondary N) is 2. The first-order chi connectivity index (χ1) is 15.0. The van der Waals surface area contributed by atoms with E-state index < -0.39 is 0 Å². The number of guanidine groups is 1. The normalized spacial score (nSPS) is 15.1. The number of hydrogen-bond donors (Lipinski definition) is 2. The molecule has 8 heteroatoms. The summed E-state index contributed by atoms with van der Waals surface area (Å²) in [6.07, 6.45) is 1.52. The highest BCUT2D eigenvalue weighted by atomic mass is 16.6. The maximum absolute atomic E-state index is 11.9. The standard InChI is InChI=1S/C23H34N6O2/c1-5-24-22(26-19-12-14-28(15-13-19)23(30)31-6-2)25-16-21-17(3)27-29(18(21)4)20-10-8-7-9-11-20/h7-11,19H,5-6,12-16H2,1-4H3,(H2,24,25,26). The Kier molecular flexibility index (Phi) is 7.92. The summed E-state index contributed by atoms with van der Waals surface area (Å²) >= 11 is 0. The number of amides is 1. The van der Waals surface area contributed by atoms with E-state index in [-0.39, 0.29) is 12.1 Å². The van der Waals surface area contributed by atoms with Gasteiger partial charge in [0.15, 0.2) is 5.96 Å². The van der Waals surface area contributed by atoms with E-state index in [0.717, 1.165) is 48.0 Å². The van der Waals surface area contributed by atoms with Crippen molar-refractivity contribution in [2.75, 3.05) is 26.2 Å². The van der Waals surface area contributed by atoms with Crippen LogP contribution in [0.4, 0.5) is 4.79 Å². The molecule has 3 rings (SSSR count). The summed E-state index contributed by atoms with van der Waals surface area (Å²) in [6, 6.07) is 10.4. The molecule has 2 aromatic rings. The first-order valence-corrected chi connectivity index (χ1v) is 11.1. The molecule has 2 N–H and O–H groups in total. The van der Waals surface area contributed by atoms with Crippen LogP contribution in [-0.4, -0.2) is 59.0 Å². The van der Waals surface area contributed by atoms with Crippen molar-refractivity contribution < 1.29 is 9.53 Å². The molecule has 2 heterocycles. The number of aromatic nitrogens is 2. The Morgan fingerprint density at radius 1 is 1.19 bits per heavy atom. The van der Waals surface area contributed by atoms with Gasteiger partial charge in [-0.05, 0) is 52.7 Å². The van der Waals surface area contributed by atoms with Crippen LogP contribution in [0.3, 0.4) is 0 Å². The molecule has 0 radical (unpaired) electrons. The van der Waals surface area contributed by atoms with Crippen molar-refractivity contribution in [2.45, 2.75) is 53.1 Å². The van der Waals surface area contributed by atoms with Gasteiger partial charge in [0.05, 0.1) is 24.5 Å². The van der Waals surface area contributed by atoms with Gasteiger partial charge < -0.3 is 20.3 Å². The number of hydrogen-bond acceptors (Lipinski definition) is 4. The Morgan fingerprint density at radius 3 is 2.55 bits per heavy atom. The van der Waals surface area contributed by atoms with E-state index in [0.29, 0.717) is 26.2 Å². The van der Waals surface area contributed by atoms with E-state index in [9.17, 15) is 4.79 Å². The number of aliphatic imine (C=N–C) groups is 1. The summed E-state index contributed by atoms with van der Waals surface area (Å²) in [5.74, 6) is 0.795. The zero-order valence-electron chi connectivity index (χ0n) is 19.0. The van der Waals surface area contributed by atoms with E-state index in [1.165, 1.54) is 0 Å². The van der Waals surface area contributed by atoms with Crippen LogP contribution in [0.5, 0.6) is 0 Å². The molecule has 1 amide bonds. The van der Waals surface area contributed by atoms with E-state index in [1.54, 1.807) is 4.90 Å². The predicted molar refractivity (Wildman–Crippen MR) is 123 cm³/mol. The molecule has 1 aromatic heterocycles. The van der Waals surface area contributed by atoms with Crippen LogP contribution in [0.15, 0.2) is 35.3 Å². The lowest BCUT2D eigenvalue weighted by Crippen LogP contribution is -2.49. The predicted octanol–water partition coefficient (Wildman–Crippen LogP) is 3.17. The molecule has 31 heavy (non-hydrogen) atoms. The Morgan fingerprint density at radius 2 is 1.90 bits per heavy atom. The molecule has 1 saturated heterocycles. The maximum Gasteiger partial charge on any atom is 0.409 e. The van der Waals surface area contributed by atoms with Crippen LogP contribution in [-0.2, 0) is 11.3 Å². The average molecular weight is 427 g/mol. The van der Waals surface area contributed by atoms with Crippen molar-refractivity contribution in [3.8, 4) is 5.69 Å². The van der Waals surface area contributed by atoms with Gasteiger partial charge in [-0.25, -0.2) is 14.5 Å². The number of para-hydroxylation sites is 1. The SMILES string of the molecule is CCNC(=NCc1c(C)nn(-c2ccccc2)c1C)NC1CCN(C(=O)OCC)CC1. The highest BCUT2D eigenvalue weighted by Gasteiger charge is 2.24. The number of benzene rings is 1. The maximum atomic E-state index is 11.9. The Hall–Kier alpha value is -3.03. The van der Waals surface area contributed by atoms with Crippen molar-refractivity contribution in [2.24, 2.45) is 4.99 Å². The molecule has 1 aromatic carbocycles. The average Bonchev–Trinajstić information content (AvgIpc) is 3.07.